The molecule has 0 heterocycles. The van der Waals surface area contributed by atoms with Crippen LogP contribution < -0.4 is 38.9 Å². The first-order chi connectivity index (χ1) is 16.3. The third kappa shape index (κ3) is 14.0. The van der Waals surface area contributed by atoms with Crippen LogP contribution in [-0.2, 0) is 24.0 Å². The summed E-state index contributed by atoms with van der Waals surface area (Å²) in [6.07, 6.45) is 0.498. The van der Waals surface area contributed by atoms with Crippen LogP contribution in [0.15, 0.2) is 4.99 Å². The topological polar surface area (TPSA) is 258 Å². The second-order valence-electron chi connectivity index (χ2n) is 8.39. The molecule has 14 nitrogen and oxygen atoms in total. The molecule has 0 aromatic carbocycles. The smallest absolute Gasteiger partial charge is 0.327 e. The molecule has 12 N–H and O–H groups in total. The first kappa shape index (κ1) is 31.9. The first-order valence-electron chi connectivity index (χ1n) is 11.1. The number of nitrogens with one attached hydrogen (secondary N) is 3. The van der Waals surface area contributed by atoms with Gasteiger partial charge in [0.15, 0.2) is 5.96 Å². The highest BCUT2D eigenvalue weighted by molar-refractivity contribution is 7.80. The van der Waals surface area contributed by atoms with Gasteiger partial charge in [-0.3, -0.25) is 24.2 Å². The Labute approximate surface area is 209 Å². The van der Waals surface area contributed by atoms with Crippen molar-refractivity contribution in [1.82, 2.24) is 16.0 Å². The quantitative estimate of drug-likeness (QED) is 0.0414. The van der Waals surface area contributed by atoms with Crippen LogP contribution in [0.2, 0.25) is 0 Å². The number of hydrogen-bond donors (Lipinski definition) is 9. The minimum Gasteiger partial charge on any atom is -0.480 e. The monoisotopic (exact) mass is 518 g/mol. The van der Waals surface area contributed by atoms with Gasteiger partial charge in [-0.2, -0.15) is 12.6 Å². The summed E-state index contributed by atoms with van der Waals surface area (Å²) in [6, 6.07) is -4.53. The second-order valence-corrected chi connectivity index (χ2v) is 8.76. The van der Waals surface area contributed by atoms with Crippen LogP contribution in [0.1, 0.15) is 46.0 Å². The van der Waals surface area contributed by atoms with Crippen molar-refractivity contribution in [2.75, 3.05) is 12.3 Å². The minimum atomic E-state index is -1.27. The molecule has 0 aliphatic heterocycles. The SMILES string of the molecule is CC(C)CC(NC(=O)C(CCC(N)=O)NC(=O)C(N)CCCN=C(N)N)C(=O)NC(CS)C(=O)O. The van der Waals surface area contributed by atoms with E-state index in [0.717, 1.165) is 0 Å². The molecule has 0 aliphatic carbocycles. The maximum Gasteiger partial charge on any atom is 0.327 e. The summed E-state index contributed by atoms with van der Waals surface area (Å²) in [4.78, 5) is 64.4. The summed E-state index contributed by atoms with van der Waals surface area (Å²) in [5, 5.41) is 16.5. The van der Waals surface area contributed by atoms with Gasteiger partial charge in [0.1, 0.15) is 18.1 Å². The Bertz CT molecular complexity index is 775. The second kappa shape index (κ2) is 16.5. The fourth-order valence-corrected chi connectivity index (χ4v) is 3.17. The van der Waals surface area contributed by atoms with Crippen LogP contribution in [-0.4, -0.2) is 77.1 Å². The van der Waals surface area contributed by atoms with Gasteiger partial charge in [0, 0.05) is 18.7 Å². The van der Waals surface area contributed by atoms with E-state index in [2.05, 4.69) is 33.6 Å². The Kier molecular flexibility index (Phi) is 15.1. The summed E-state index contributed by atoms with van der Waals surface area (Å²) >= 11 is 3.91. The van der Waals surface area contributed by atoms with Crippen molar-refractivity contribution >= 4 is 48.2 Å². The zero-order valence-corrected chi connectivity index (χ0v) is 20.9. The Morgan fingerprint density at radius 2 is 1.43 bits per heavy atom. The number of primary amides is 1. The number of hydrogen-bond acceptors (Lipinski definition) is 8. The fraction of sp³-hybridized carbons (Fsp3) is 0.700. The van der Waals surface area contributed by atoms with E-state index >= 15 is 0 Å². The molecule has 0 aromatic heterocycles. The zero-order chi connectivity index (χ0) is 27.1. The standard InChI is InChI=1S/C20H38N8O6S/c1-10(2)8-13(18(32)28-14(9-35)19(33)34)27-17(31)12(5-6-15(22)29)26-16(30)11(21)4-3-7-25-20(23)24/h10-14,35H,3-9,21H2,1-2H3,(H2,22,29)(H,26,30)(H,27,31)(H,28,32)(H,33,34)(H4,23,24,25). The van der Waals surface area contributed by atoms with Gasteiger partial charge >= 0.3 is 5.97 Å². The van der Waals surface area contributed by atoms with Crippen molar-refractivity contribution in [1.29, 1.82) is 0 Å². The van der Waals surface area contributed by atoms with Gasteiger partial charge in [0.25, 0.3) is 0 Å². The van der Waals surface area contributed by atoms with Gasteiger partial charge in [-0.25, -0.2) is 4.79 Å². The lowest BCUT2D eigenvalue weighted by molar-refractivity contribution is -0.141. The molecular formula is C20H38N8O6S. The molecule has 200 valence electrons. The highest BCUT2D eigenvalue weighted by Crippen LogP contribution is 2.08. The normalized spacial score (nSPS) is 14.2. The molecule has 15 heteroatoms. The number of carbonyl (C=O) groups is 5. The number of thiol groups is 1. The minimum absolute atomic E-state index is 0.0392. The van der Waals surface area contributed by atoms with Gasteiger partial charge in [0.05, 0.1) is 6.04 Å². The van der Waals surface area contributed by atoms with Crippen molar-refractivity contribution in [2.24, 2.45) is 33.8 Å². The van der Waals surface area contributed by atoms with Crippen molar-refractivity contribution in [3.63, 3.8) is 0 Å². The molecule has 4 unspecified atom stereocenters. The van der Waals surface area contributed by atoms with E-state index in [1.807, 2.05) is 13.8 Å². The molecule has 0 spiro atoms. The van der Waals surface area contributed by atoms with Crippen molar-refractivity contribution in [2.45, 2.75) is 70.1 Å². The predicted molar refractivity (Wildman–Crippen MR) is 133 cm³/mol. The van der Waals surface area contributed by atoms with Crippen LogP contribution in [0.4, 0.5) is 0 Å². The molecule has 4 atom stereocenters. The van der Waals surface area contributed by atoms with E-state index < -0.39 is 53.8 Å². The summed E-state index contributed by atoms with van der Waals surface area (Å²) in [5.74, 6) is -4.35. The number of nitrogens with two attached hydrogens (primary N) is 4. The lowest BCUT2D eigenvalue weighted by Gasteiger charge is -2.25. The third-order valence-corrected chi connectivity index (χ3v) is 5.12. The molecule has 0 aliphatic rings. The Morgan fingerprint density at radius 3 is 1.91 bits per heavy atom. The molecule has 0 radical (unpaired) electrons. The summed E-state index contributed by atoms with van der Waals surface area (Å²) < 4.78 is 0. The number of carbonyl (C=O) groups excluding carboxylic acids is 4. The van der Waals surface area contributed by atoms with Crippen LogP contribution in [0.3, 0.4) is 0 Å². The number of carboxylic acid groups (broad SMARTS) is 1. The van der Waals surface area contributed by atoms with Crippen LogP contribution in [0.25, 0.3) is 0 Å². The Balaban J connectivity index is 5.39. The first-order valence-corrected chi connectivity index (χ1v) is 11.8. The lowest BCUT2D eigenvalue weighted by atomic mass is 10.0. The van der Waals surface area contributed by atoms with E-state index in [1.165, 1.54) is 0 Å². The number of guanidine groups is 1. The summed E-state index contributed by atoms with van der Waals surface area (Å²) in [7, 11) is 0. The van der Waals surface area contributed by atoms with E-state index in [0.29, 0.717) is 6.42 Å². The molecule has 0 bridgehead atoms. The number of nitrogens with zero attached hydrogens (tertiary/aromatic N) is 1. The van der Waals surface area contributed by atoms with E-state index in [9.17, 15) is 24.0 Å². The van der Waals surface area contributed by atoms with Crippen molar-refractivity contribution in [3.05, 3.63) is 0 Å². The number of aliphatic imine (C=N–C) groups is 1. The number of rotatable bonds is 17. The average Bonchev–Trinajstić information content (AvgIpc) is 2.75. The van der Waals surface area contributed by atoms with E-state index in [-0.39, 0.29) is 49.9 Å². The maximum atomic E-state index is 13.0. The molecule has 0 saturated carbocycles. The van der Waals surface area contributed by atoms with Crippen molar-refractivity contribution < 1.29 is 29.1 Å². The van der Waals surface area contributed by atoms with Gasteiger partial charge in [-0.15, -0.1) is 0 Å². The molecular weight excluding hydrogens is 480 g/mol. The molecule has 4 amide bonds. The average molecular weight is 519 g/mol. The highest BCUT2D eigenvalue weighted by atomic mass is 32.1. The fourth-order valence-electron chi connectivity index (χ4n) is 2.92. The van der Waals surface area contributed by atoms with Gasteiger partial charge in [-0.1, -0.05) is 13.8 Å². The van der Waals surface area contributed by atoms with Crippen molar-refractivity contribution in [3.8, 4) is 0 Å². The van der Waals surface area contributed by atoms with Crippen LogP contribution in [0, 0.1) is 5.92 Å². The largest absolute Gasteiger partial charge is 0.480 e. The van der Waals surface area contributed by atoms with Gasteiger partial charge in [-0.05, 0) is 31.6 Å². The predicted octanol–water partition coefficient (Wildman–Crippen LogP) is -2.85. The third-order valence-electron chi connectivity index (χ3n) is 4.75. The van der Waals surface area contributed by atoms with E-state index in [4.69, 9.17) is 28.0 Å². The summed E-state index contributed by atoms with van der Waals surface area (Å²) in [5.41, 5.74) is 21.5. The highest BCUT2D eigenvalue weighted by Gasteiger charge is 2.30. The molecule has 0 saturated heterocycles. The molecule has 0 aromatic rings. The molecule has 0 rings (SSSR count). The van der Waals surface area contributed by atoms with Crippen LogP contribution in [0.5, 0.6) is 0 Å². The zero-order valence-electron chi connectivity index (χ0n) is 20.0. The lowest BCUT2D eigenvalue weighted by Crippen LogP contribution is -2.57. The van der Waals surface area contributed by atoms with E-state index in [1.54, 1.807) is 0 Å². The number of aliphatic carboxylic acids is 1. The molecule has 0 fully saturated rings. The number of carboxylic acids is 1. The summed E-state index contributed by atoms with van der Waals surface area (Å²) in [6.45, 7) is 3.89. The van der Waals surface area contributed by atoms with Gasteiger partial charge < -0.3 is 44.0 Å². The number of amides is 4. The van der Waals surface area contributed by atoms with Crippen LogP contribution >= 0.6 is 12.6 Å². The van der Waals surface area contributed by atoms with Gasteiger partial charge in [0.2, 0.25) is 23.6 Å². The Hall–Kier alpha value is -3.07. The maximum absolute atomic E-state index is 13.0. The molecule has 35 heavy (non-hydrogen) atoms. The Morgan fingerprint density at radius 1 is 0.886 bits per heavy atom.